The van der Waals surface area contributed by atoms with Gasteiger partial charge in [-0.25, -0.2) is 4.63 Å². The van der Waals surface area contributed by atoms with E-state index in [1.807, 2.05) is 30.3 Å². The molecule has 2 N–H and O–H groups in total. The summed E-state index contributed by atoms with van der Waals surface area (Å²) < 4.78 is 9.65. The SMILES string of the molecule is Nc1nonc1-c1nc(-c2ccc3ncccc3c2)no1. The molecule has 0 spiro atoms. The van der Waals surface area contributed by atoms with Crippen LogP contribution in [0.2, 0.25) is 0 Å². The minimum atomic E-state index is 0.105. The summed E-state index contributed by atoms with van der Waals surface area (Å²) in [6.07, 6.45) is 1.74. The second-order valence-electron chi connectivity index (χ2n) is 4.33. The van der Waals surface area contributed by atoms with Gasteiger partial charge in [-0.3, -0.25) is 4.98 Å². The van der Waals surface area contributed by atoms with Crippen molar-refractivity contribution < 1.29 is 9.15 Å². The number of hydrogen-bond donors (Lipinski definition) is 1. The Labute approximate surface area is 117 Å². The van der Waals surface area contributed by atoms with Crippen LogP contribution in [0.3, 0.4) is 0 Å². The lowest BCUT2D eigenvalue weighted by Gasteiger charge is -1.98. The normalized spacial score (nSPS) is 11.0. The highest BCUT2D eigenvalue weighted by Crippen LogP contribution is 2.25. The molecular weight excluding hydrogens is 272 g/mol. The number of nitrogens with two attached hydrogens (primary N) is 1. The molecule has 3 heterocycles. The average molecular weight is 280 g/mol. The van der Waals surface area contributed by atoms with Crippen LogP contribution in [0.25, 0.3) is 33.9 Å². The number of anilines is 1. The first-order chi connectivity index (χ1) is 10.3. The van der Waals surface area contributed by atoms with E-state index >= 15 is 0 Å². The summed E-state index contributed by atoms with van der Waals surface area (Å²) in [5.74, 6) is 0.695. The zero-order valence-electron chi connectivity index (χ0n) is 10.6. The van der Waals surface area contributed by atoms with Crippen molar-refractivity contribution in [3.8, 4) is 23.0 Å². The van der Waals surface area contributed by atoms with Gasteiger partial charge in [0.1, 0.15) is 0 Å². The summed E-state index contributed by atoms with van der Waals surface area (Å²) in [6.45, 7) is 0. The third kappa shape index (κ3) is 1.89. The Bertz CT molecular complexity index is 929. The number of nitrogen functional groups attached to an aromatic ring is 1. The first kappa shape index (κ1) is 11.5. The molecule has 4 rings (SSSR count). The highest BCUT2D eigenvalue weighted by atomic mass is 16.6. The third-order valence-electron chi connectivity index (χ3n) is 3.00. The zero-order chi connectivity index (χ0) is 14.2. The standard InChI is InChI=1S/C13H8N6O2/c14-11-10(17-21-18-11)13-16-12(19-20-13)8-3-4-9-7(6-8)2-1-5-15-9/h1-6H,(H2,14,18). The van der Waals surface area contributed by atoms with Gasteiger partial charge in [-0.1, -0.05) is 11.2 Å². The molecule has 0 saturated carbocycles. The van der Waals surface area contributed by atoms with Gasteiger partial charge in [0.25, 0.3) is 5.89 Å². The van der Waals surface area contributed by atoms with Crippen molar-refractivity contribution in [3.05, 3.63) is 36.5 Å². The fourth-order valence-corrected chi connectivity index (χ4v) is 2.00. The molecule has 8 nitrogen and oxygen atoms in total. The van der Waals surface area contributed by atoms with E-state index in [0.29, 0.717) is 5.82 Å². The van der Waals surface area contributed by atoms with Crippen LogP contribution in [0.4, 0.5) is 5.82 Å². The van der Waals surface area contributed by atoms with Crippen LogP contribution in [-0.2, 0) is 0 Å². The first-order valence-electron chi connectivity index (χ1n) is 6.08. The van der Waals surface area contributed by atoms with Gasteiger partial charge in [0.05, 0.1) is 5.52 Å². The van der Waals surface area contributed by atoms with E-state index in [1.165, 1.54) is 0 Å². The molecule has 0 aliphatic rings. The lowest BCUT2D eigenvalue weighted by Crippen LogP contribution is -1.88. The number of pyridine rings is 1. The fraction of sp³-hybridized carbons (Fsp3) is 0. The van der Waals surface area contributed by atoms with Gasteiger partial charge >= 0.3 is 0 Å². The molecule has 0 radical (unpaired) electrons. The van der Waals surface area contributed by atoms with E-state index in [0.717, 1.165) is 16.5 Å². The molecule has 8 heteroatoms. The maximum Gasteiger partial charge on any atom is 0.284 e. The lowest BCUT2D eigenvalue weighted by atomic mass is 10.1. The largest absolute Gasteiger partial charge is 0.379 e. The Morgan fingerprint density at radius 3 is 2.86 bits per heavy atom. The van der Waals surface area contributed by atoms with E-state index in [9.17, 15) is 0 Å². The molecular formula is C13H8N6O2. The summed E-state index contributed by atoms with van der Waals surface area (Å²) in [7, 11) is 0. The van der Waals surface area contributed by atoms with Crippen LogP contribution in [0.15, 0.2) is 45.7 Å². The molecule has 0 bridgehead atoms. The highest BCUT2D eigenvalue weighted by molar-refractivity contribution is 5.83. The summed E-state index contributed by atoms with van der Waals surface area (Å²) in [4.78, 5) is 8.51. The summed E-state index contributed by atoms with van der Waals surface area (Å²) >= 11 is 0. The van der Waals surface area contributed by atoms with E-state index in [2.05, 4.69) is 30.1 Å². The number of nitrogens with zero attached hydrogens (tertiary/aromatic N) is 5. The predicted molar refractivity (Wildman–Crippen MR) is 72.7 cm³/mol. The van der Waals surface area contributed by atoms with Crippen molar-refractivity contribution in [3.63, 3.8) is 0 Å². The van der Waals surface area contributed by atoms with E-state index in [1.54, 1.807) is 6.20 Å². The van der Waals surface area contributed by atoms with Gasteiger partial charge in [-0.15, -0.1) is 0 Å². The van der Waals surface area contributed by atoms with Crippen molar-refractivity contribution in [2.45, 2.75) is 0 Å². The molecule has 102 valence electrons. The Morgan fingerprint density at radius 1 is 1.05 bits per heavy atom. The zero-order valence-corrected chi connectivity index (χ0v) is 10.6. The van der Waals surface area contributed by atoms with Crippen molar-refractivity contribution in [2.75, 3.05) is 5.73 Å². The second-order valence-corrected chi connectivity index (χ2v) is 4.33. The average Bonchev–Trinajstić information content (AvgIpc) is 3.15. The van der Waals surface area contributed by atoms with E-state index in [4.69, 9.17) is 10.3 Å². The molecule has 1 aromatic carbocycles. The number of rotatable bonds is 2. The molecule has 0 saturated heterocycles. The smallest absolute Gasteiger partial charge is 0.284 e. The van der Waals surface area contributed by atoms with Crippen LogP contribution in [0.1, 0.15) is 0 Å². The van der Waals surface area contributed by atoms with Gasteiger partial charge in [-0.05, 0) is 34.6 Å². The number of benzene rings is 1. The maximum absolute atomic E-state index is 5.59. The summed E-state index contributed by atoms with van der Waals surface area (Å²) in [5.41, 5.74) is 7.53. The monoisotopic (exact) mass is 280 g/mol. The van der Waals surface area contributed by atoms with Crippen molar-refractivity contribution in [1.82, 2.24) is 25.4 Å². The summed E-state index contributed by atoms with van der Waals surface area (Å²) in [5, 5.41) is 12.0. The predicted octanol–water partition coefficient (Wildman–Crippen LogP) is 1.92. The molecule has 3 aromatic heterocycles. The molecule has 4 aromatic rings. The molecule has 0 atom stereocenters. The molecule has 0 unspecified atom stereocenters. The molecule has 0 aliphatic heterocycles. The topological polar surface area (TPSA) is 117 Å². The van der Waals surface area contributed by atoms with Crippen molar-refractivity contribution in [1.29, 1.82) is 0 Å². The van der Waals surface area contributed by atoms with Gasteiger partial charge in [0, 0.05) is 17.1 Å². The Morgan fingerprint density at radius 2 is 2.00 bits per heavy atom. The fourth-order valence-electron chi connectivity index (χ4n) is 2.00. The second kappa shape index (κ2) is 4.37. The number of hydrogen-bond acceptors (Lipinski definition) is 8. The minimum absolute atomic E-state index is 0.105. The van der Waals surface area contributed by atoms with Gasteiger partial charge in [0.2, 0.25) is 17.3 Å². The van der Waals surface area contributed by atoms with Gasteiger partial charge < -0.3 is 10.3 Å². The van der Waals surface area contributed by atoms with Crippen LogP contribution >= 0.6 is 0 Å². The highest BCUT2D eigenvalue weighted by Gasteiger charge is 2.17. The molecule has 0 fully saturated rings. The molecule has 0 aliphatic carbocycles. The number of fused-ring (bicyclic) bond motifs is 1. The minimum Gasteiger partial charge on any atom is -0.379 e. The van der Waals surface area contributed by atoms with Crippen LogP contribution in [-0.4, -0.2) is 25.4 Å². The van der Waals surface area contributed by atoms with Crippen LogP contribution in [0.5, 0.6) is 0 Å². The van der Waals surface area contributed by atoms with Crippen LogP contribution < -0.4 is 5.73 Å². The lowest BCUT2D eigenvalue weighted by molar-refractivity contribution is 0.308. The van der Waals surface area contributed by atoms with Crippen molar-refractivity contribution >= 4 is 16.7 Å². The Balaban J connectivity index is 1.79. The van der Waals surface area contributed by atoms with Crippen LogP contribution in [0, 0.1) is 0 Å². The quantitative estimate of drug-likeness (QED) is 0.591. The summed E-state index contributed by atoms with van der Waals surface area (Å²) in [6, 6.07) is 9.53. The Kier molecular flexibility index (Phi) is 2.40. The number of aromatic nitrogens is 5. The first-order valence-corrected chi connectivity index (χ1v) is 6.08. The van der Waals surface area contributed by atoms with E-state index < -0.39 is 0 Å². The van der Waals surface area contributed by atoms with Gasteiger partial charge in [-0.2, -0.15) is 4.98 Å². The van der Waals surface area contributed by atoms with E-state index in [-0.39, 0.29) is 17.4 Å². The van der Waals surface area contributed by atoms with Gasteiger partial charge in [0.15, 0.2) is 0 Å². The molecule has 0 amide bonds. The maximum atomic E-state index is 5.59. The molecule has 21 heavy (non-hydrogen) atoms. The Hall–Kier alpha value is -3.29. The third-order valence-corrected chi connectivity index (χ3v) is 3.00. The van der Waals surface area contributed by atoms with Crippen molar-refractivity contribution in [2.24, 2.45) is 0 Å².